The minimum Gasteiger partial charge on any atom is -0.353 e. The Kier molecular flexibility index (Phi) is 4.66. The normalized spacial score (nSPS) is 17.7. The van der Waals surface area contributed by atoms with E-state index < -0.39 is 6.04 Å². The first-order valence-corrected chi connectivity index (χ1v) is 8.78. The zero-order chi connectivity index (χ0) is 17.3. The third-order valence-corrected chi connectivity index (χ3v) is 5.30. The maximum atomic E-state index is 13.1. The molecule has 4 nitrogen and oxygen atoms in total. The van der Waals surface area contributed by atoms with Crippen molar-refractivity contribution in [1.82, 2.24) is 10.2 Å². The summed E-state index contributed by atoms with van der Waals surface area (Å²) in [6.07, 6.45) is 0.590. The molecule has 0 spiro atoms. The van der Waals surface area contributed by atoms with Crippen molar-refractivity contribution in [2.45, 2.75) is 26.3 Å². The second kappa shape index (κ2) is 6.73. The van der Waals surface area contributed by atoms with Gasteiger partial charge in [-0.05, 0) is 42.7 Å². The first kappa shape index (κ1) is 16.6. The van der Waals surface area contributed by atoms with Gasteiger partial charge >= 0.3 is 0 Å². The predicted molar refractivity (Wildman–Crippen MR) is 92.6 cm³/mol. The summed E-state index contributed by atoms with van der Waals surface area (Å²) >= 11 is 1.41. The summed E-state index contributed by atoms with van der Waals surface area (Å²) in [6, 6.07) is 7.67. The van der Waals surface area contributed by atoms with Crippen LogP contribution in [0.25, 0.3) is 11.1 Å². The number of amides is 2. The minimum atomic E-state index is -0.414. The molecule has 24 heavy (non-hydrogen) atoms. The Morgan fingerprint density at radius 3 is 2.75 bits per heavy atom. The third kappa shape index (κ3) is 3.06. The Labute approximate surface area is 144 Å². The number of nitrogens with zero attached hydrogens (tertiary/aromatic N) is 1. The van der Waals surface area contributed by atoms with Crippen molar-refractivity contribution < 1.29 is 14.0 Å². The fourth-order valence-corrected chi connectivity index (χ4v) is 4.01. The van der Waals surface area contributed by atoms with E-state index in [9.17, 15) is 14.0 Å². The molecule has 0 bridgehead atoms. The zero-order valence-electron chi connectivity index (χ0n) is 13.6. The summed E-state index contributed by atoms with van der Waals surface area (Å²) in [5.74, 6) is -0.490. The van der Waals surface area contributed by atoms with E-state index in [1.165, 1.54) is 23.5 Å². The largest absolute Gasteiger partial charge is 0.353 e. The molecule has 126 valence electrons. The smallest absolute Gasteiger partial charge is 0.264 e. The molecule has 0 saturated carbocycles. The maximum absolute atomic E-state index is 13.1. The van der Waals surface area contributed by atoms with Crippen LogP contribution in [-0.4, -0.2) is 35.8 Å². The van der Waals surface area contributed by atoms with Crippen LogP contribution in [0.5, 0.6) is 0 Å². The minimum absolute atomic E-state index is 0.0934. The fraction of sp³-hybridized carbons (Fsp3) is 0.333. The molecule has 2 amide bonds. The highest BCUT2D eigenvalue weighted by atomic mass is 32.1. The standard InChI is InChI=1S/C18H19FN2O2S/c1-3-15-17(22)20-8-9-21(15)18(23)16-10-14(11(2)24-16)12-4-6-13(19)7-5-12/h4-7,10,15H,3,8-9H2,1-2H3,(H,20,22)/t15-/m0/s1. The highest BCUT2D eigenvalue weighted by Crippen LogP contribution is 2.32. The van der Waals surface area contributed by atoms with Gasteiger partial charge in [-0.1, -0.05) is 19.1 Å². The van der Waals surface area contributed by atoms with Gasteiger partial charge in [0.05, 0.1) is 4.88 Å². The number of nitrogens with one attached hydrogen (secondary N) is 1. The van der Waals surface area contributed by atoms with Gasteiger partial charge in [-0.25, -0.2) is 4.39 Å². The number of rotatable bonds is 3. The molecule has 1 aliphatic heterocycles. The number of halogens is 1. The van der Waals surface area contributed by atoms with E-state index in [0.717, 1.165) is 16.0 Å². The number of aryl methyl sites for hydroxylation is 1. The van der Waals surface area contributed by atoms with Crippen LogP contribution in [0.3, 0.4) is 0 Å². The number of hydrogen-bond donors (Lipinski definition) is 1. The average molecular weight is 346 g/mol. The molecule has 1 atom stereocenters. The second-order valence-corrected chi connectivity index (χ2v) is 7.06. The molecule has 1 N–H and O–H groups in total. The SMILES string of the molecule is CC[C@H]1C(=O)NCCN1C(=O)c1cc(-c2ccc(F)cc2)c(C)s1. The number of thiophene rings is 1. The lowest BCUT2D eigenvalue weighted by molar-refractivity contribution is -0.127. The van der Waals surface area contributed by atoms with E-state index in [1.807, 2.05) is 19.9 Å². The lowest BCUT2D eigenvalue weighted by atomic mass is 10.1. The fourth-order valence-electron chi connectivity index (χ4n) is 3.01. The van der Waals surface area contributed by atoms with Crippen LogP contribution < -0.4 is 5.32 Å². The number of benzene rings is 1. The van der Waals surface area contributed by atoms with Gasteiger partial charge in [0, 0.05) is 18.0 Å². The summed E-state index contributed by atoms with van der Waals surface area (Å²) < 4.78 is 13.1. The first-order valence-electron chi connectivity index (χ1n) is 7.96. The second-order valence-electron chi connectivity index (χ2n) is 5.80. The molecule has 2 aromatic rings. The Hall–Kier alpha value is -2.21. The molecule has 1 aromatic heterocycles. The van der Waals surface area contributed by atoms with Gasteiger partial charge in [-0.2, -0.15) is 0 Å². The summed E-state index contributed by atoms with van der Waals surface area (Å²) in [6.45, 7) is 4.85. The van der Waals surface area contributed by atoms with E-state index >= 15 is 0 Å². The van der Waals surface area contributed by atoms with Gasteiger partial charge in [0.2, 0.25) is 5.91 Å². The van der Waals surface area contributed by atoms with E-state index in [1.54, 1.807) is 17.0 Å². The number of carbonyl (C=O) groups is 2. The first-order chi connectivity index (χ1) is 11.5. The van der Waals surface area contributed by atoms with Gasteiger partial charge in [-0.15, -0.1) is 11.3 Å². The molecule has 0 radical (unpaired) electrons. The lowest BCUT2D eigenvalue weighted by Crippen LogP contribution is -2.56. The Bertz CT molecular complexity index is 770. The van der Waals surface area contributed by atoms with Crippen LogP contribution in [0, 0.1) is 12.7 Å². The number of hydrogen-bond acceptors (Lipinski definition) is 3. The quantitative estimate of drug-likeness (QED) is 0.928. The molecule has 1 aliphatic rings. The van der Waals surface area contributed by atoms with Crippen molar-refractivity contribution in [3.8, 4) is 11.1 Å². The molecule has 1 saturated heterocycles. The molecule has 1 aromatic carbocycles. The van der Waals surface area contributed by atoms with Crippen LogP contribution in [0.15, 0.2) is 30.3 Å². The van der Waals surface area contributed by atoms with Crippen LogP contribution in [0.1, 0.15) is 27.9 Å². The third-order valence-electron chi connectivity index (χ3n) is 4.26. The summed E-state index contributed by atoms with van der Waals surface area (Å²) in [7, 11) is 0. The number of piperazine rings is 1. The Morgan fingerprint density at radius 2 is 2.08 bits per heavy atom. The molecule has 1 fully saturated rings. The maximum Gasteiger partial charge on any atom is 0.264 e. The molecular formula is C18H19FN2O2S. The Balaban J connectivity index is 1.90. The van der Waals surface area contributed by atoms with E-state index in [-0.39, 0.29) is 17.6 Å². The van der Waals surface area contributed by atoms with Crippen molar-refractivity contribution in [2.75, 3.05) is 13.1 Å². The molecule has 0 aliphatic carbocycles. The Morgan fingerprint density at radius 1 is 1.38 bits per heavy atom. The van der Waals surface area contributed by atoms with Gasteiger partial charge in [0.1, 0.15) is 11.9 Å². The molecule has 2 heterocycles. The highest BCUT2D eigenvalue weighted by Gasteiger charge is 2.33. The summed E-state index contributed by atoms with van der Waals surface area (Å²) in [5, 5.41) is 2.80. The average Bonchev–Trinajstić information content (AvgIpc) is 2.96. The van der Waals surface area contributed by atoms with Crippen LogP contribution in [-0.2, 0) is 4.79 Å². The van der Waals surface area contributed by atoms with Crippen LogP contribution in [0.4, 0.5) is 4.39 Å². The van der Waals surface area contributed by atoms with Gasteiger partial charge < -0.3 is 10.2 Å². The zero-order valence-corrected chi connectivity index (χ0v) is 14.5. The molecule has 0 unspecified atom stereocenters. The van der Waals surface area contributed by atoms with Crippen LogP contribution >= 0.6 is 11.3 Å². The van der Waals surface area contributed by atoms with E-state index in [2.05, 4.69) is 5.32 Å². The molecule has 3 rings (SSSR count). The van der Waals surface area contributed by atoms with Crippen molar-refractivity contribution in [3.63, 3.8) is 0 Å². The summed E-state index contributed by atoms with van der Waals surface area (Å²) in [5.41, 5.74) is 1.81. The van der Waals surface area contributed by atoms with Crippen LogP contribution in [0.2, 0.25) is 0 Å². The van der Waals surface area contributed by atoms with E-state index in [0.29, 0.717) is 24.4 Å². The number of carbonyl (C=O) groups excluding carboxylic acids is 2. The van der Waals surface area contributed by atoms with Crippen molar-refractivity contribution in [2.24, 2.45) is 0 Å². The van der Waals surface area contributed by atoms with Crippen molar-refractivity contribution in [3.05, 3.63) is 45.9 Å². The van der Waals surface area contributed by atoms with Crippen molar-refractivity contribution in [1.29, 1.82) is 0 Å². The monoisotopic (exact) mass is 346 g/mol. The van der Waals surface area contributed by atoms with Gasteiger partial charge in [0.25, 0.3) is 5.91 Å². The lowest BCUT2D eigenvalue weighted by Gasteiger charge is -2.34. The van der Waals surface area contributed by atoms with Gasteiger partial charge in [0.15, 0.2) is 0 Å². The van der Waals surface area contributed by atoms with Gasteiger partial charge in [-0.3, -0.25) is 9.59 Å². The molecule has 6 heteroatoms. The van der Waals surface area contributed by atoms with Crippen molar-refractivity contribution >= 4 is 23.2 Å². The summed E-state index contributed by atoms with van der Waals surface area (Å²) in [4.78, 5) is 28.1. The molecular weight excluding hydrogens is 327 g/mol. The van der Waals surface area contributed by atoms with E-state index in [4.69, 9.17) is 0 Å². The topological polar surface area (TPSA) is 49.4 Å². The highest BCUT2D eigenvalue weighted by molar-refractivity contribution is 7.14. The predicted octanol–water partition coefficient (Wildman–Crippen LogP) is 3.21.